The van der Waals surface area contributed by atoms with Gasteiger partial charge in [-0.2, -0.15) is 0 Å². The van der Waals surface area contributed by atoms with Crippen molar-refractivity contribution >= 4 is 16.8 Å². The van der Waals surface area contributed by atoms with Crippen LogP contribution in [0.4, 0.5) is 0 Å². The maximum atomic E-state index is 12.7. The first-order valence-electron chi connectivity index (χ1n) is 8.60. The van der Waals surface area contributed by atoms with Gasteiger partial charge < -0.3 is 15.2 Å². The summed E-state index contributed by atoms with van der Waals surface area (Å²) >= 11 is 0. The Kier molecular flexibility index (Phi) is 4.71. The Morgan fingerprint density at radius 3 is 2.62 bits per heavy atom. The van der Waals surface area contributed by atoms with Gasteiger partial charge in [0.05, 0.1) is 5.56 Å². The number of aromatic amines is 1. The minimum atomic E-state index is -0.251. The molecule has 1 heterocycles. The Balaban J connectivity index is 1.84. The lowest BCUT2D eigenvalue weighted by Crippen LogP contribution is -2.53. The van der Waals surface area contributed by atoms with E-state index in [0.717, 1.165) is 18.2 Å². The molecule has 1 aliphatic rings. The van der Waals surface area contributed by atoms with Crippen LogP contribution in [-0.2, 0) is 0 Å². The molecule has 0 spiro atoms. The number of amides is 1. The van der Waals surface area contributed by atoms with Crippen molar-refractivity contribution in [2.24, 2.45) is 0 Å². The van der Waals surface area contributed by atoms with Gasteiger partial charge in [-0.3, -0.25) is 9.59 Å². The number of aromatic nitrogens is 1. The van der Waals surface area contributed by atoms with E-state index in [4.69, 9.17) is 0 Å². The minimum Gasteiger partial charge on any atom is -0.350 e. The summed E-state index contributed by atoms with van der Waals surface area (Å²) in [6.07, 6.45) is 5.85. The zero-order chi connectivity index (χ0) is 17.2. The van der Waals surface area contributed by atoms with Gasteiger partial charge in [-0.1, -0.05) is 37.5 Å². The van der Waals surface area contributed by atoms with Crippen molar-refractivity contribution in [3.8, 4) is 0 Å². The van der Waals surface area contributed by atoms with Crippen LogP contribution in [0.2, 0.25) is 0 Å². The topological polar surface area (TPSA) is 65.2 Å². The van der Waals surface area contributed by atoms with Crippen LogP contribution >= 0.6 is 0 Å². The Morgan fingerprint density at radius 1 is 1.21 bits per heavy atom. The third-order valence-electron chi connectivity index (χ3n) is 5.31. The lowest BCUT2D eigenvalue weighted by molar-refractivity contribution is 0.0800. The smallest absolute Gasteiger partial charge is 0.252 e. The third kappa shape index (κ3) is 3.22. The first-order valence-corrected chi connectivity index (χ1v) is 8.60. The average molecular weight is 327 g/mol. The second-order valence-corrected chi connectivity index (χ2v) is 6.95. The third-order valence-corrected chi connectivity index (χ3v) is 5.31. The molecule has 0 unspecified atom stereocenters. The number of carbonyl (C=O) groups excluding carboxylic acids is 1. The largest absolute Gasteiger partial charge is 0.350 e. The SMILES string of the molecule is CN(C)C1(CNC(=O)c2cc(=O)[nH]c3ccccc23)CCCCC1. The van der Waals surface area contributed by atoms with E-state index in [1.807, 2.05) is 24.3 Å². The van der Waals surface area contributed by atoms with E-state index in [-0.39, 0.29) is 17.0 Å². The Hall–Kier alpha value is -2.14. The van der Waals surface area contributed by atoms with Crippen LogP contribution in [0.5, 0.6) is 0 Å². The van der Waals surface area contributed by atoms with Gasteiger partial charge in [0, 0.05) is 29.1 Å². The first-order chi connectivity index (χ1) is 11.5. The molecular weight excluding hydrogens is 302 g/mol. The van der Waals surface area contributed by atoms with E-state index in [9.17, 15) is 9.59 Å². The maximum Gasteiger partial charge on any atom is 0.252 e. The highest BCUT2D eigenvalue weighted by Gasteiger charge is 2.34. The van der Waals surface area contributed by atoms with E-state index in [1.165, 1.54) is 25.3 Å². The molecule has 5 heteroatoms. The van der Waals surface area contributed by atoms with Crippen LogP contribution in [0.1, 0.15) is 42.5 Å². The zero-order valence-corrected chi connectivity index (χ0v) is 14.4. The molecule has 0 bridgehead atoms. The van der Waals surface area contributed by atoms with Crippen molar-refractivity contribution in [1.82, 2.24) is 15.2 Å². The molecule has 1 aromatic heterocycles. The number of para-hydroxylation sites is 1. The molecule has 3 rings (SSSR count). The van der Waals surface area contributed by atoms with Crippen molar-refractivity contribution in [3.05, 3.63) is 46.2 Å². The molecule has 1 saturated carbocycles. The lowest BCUT2D eigenvalue weighted by Gasteiger charge is -2.43. The molecule has 24 heavy (non-hydrogen) atoms. The molecule has 1 fully saturated rings. The van der Waals surface area contributed by atoms with Crippen molar-refractivity contribution in [3.63, 3.8) is 0 Å². The lowest BCUT2D eigenvalue weighted by atomic mass is 9.80. The number of hydrogen-bond donors (Lipinski definition) is 2. The molecule has 128 valence electrons. The molecule has 0 radical (unpaired) electrons. The molecule has 2 N–H and O–H groups in total. The van der Waals surface area contributed by atoms with Crippen LogP contribution in [0.15, 0.2) is 35.1 Å². The quantitative estimate of drug-likeness (QED) is 0.907. The summed E-state index contributed by atoms with van der Waals surface area (Å²) in [4.78, 5) is 29.6. The fourth-order valence-corrected chi connectivity index (χ4v) is 3.72. The zero-order valence-electron chi connectivity index (χ0n) is 14.4. The molecule has 2 aromatic rings. The molecule has 1 aromatic carbocycles. The van der Waals surface area contributed by atoms with Crippen molar-refractivity contribution in [1.29, 1.82) is 0 Å². The molecule has 1 aliphatic carbocycles. The number of H-pyrrole nitrogens is 1. The molecule has 0 saturated heterocycles. The van der Waals surface area contributed by atoms with E-state index < -0.39 is 0 Å². The molecular formula is C19H25N3O2. The van der Waals surface area contributed by atoms with Crippen molar-refractivity contribution < 1.29 is 4.79 Å². The molecule has 0 aliphatic heterocycles. The average Bonchev–Trinajstić information content (AvgIpc) is 2.59. The Morgan fingerprint density at radius 2 is 1.92 bits per heavy atom. The monoisotopic (exact) mass is 327 g/mol. The molecule has 1 amide bonds. The van der Waals surface area contributed by atoms with E-state index in [1.54, 1.807) is 0 Å². The van der Waals surface area contributed by atoms with Crippen molar-refractivity contribution in [2.45, 2.75) is 37.6 Å². The van der Waals surface area contributed by atoms with Crippen LogP contribution in [0, 0.1) is 0 Å². The number of benzene rings is 1. The fraction of sp³-hybridized carbons (Fsp3) is 0.474. The summed E-state index contributed by atoms with van der Waals surface area (Å²) in [5.74, 6) is -0.177. The Bertz CT molecular complexity index is 789. The number of nitrogens with one attached hydrogen (secondary N) is 2. The number of carbonyl (C=O) groups is 1. The van der Waals surface area contributed by atoms with Gasteiger partial charge in [-0.25, -0.2) is 0 Å². The number of fused-ring (bicyclic) bond motifs is 1. The van der Waals surface area contributed by atoms with Gasteiger partial charge in [0.2, 0.25) is 5.56 Å². The number of hydrogen-bond acceptors (Lipinski definition) is 3. The van der Waals surface area contributed by atoms with Crippen LogP contribution in [0.25, 0.3) is 10.9 Å². The maximum absolute atomic E-state index is 12.7. The molecule has 5 nitrogen and oxygen atoms in total. The van der Waals surface area contributed by atoms with Gasteiger partial charge in [0.1, 0.15) is 0 Å². The fourth-order valence-electron chi connectivity index (χ4n) is 3.72. The minimum absolute atomic E-state index is 0.0188. The Labute approximate surface area is 142 Å². The predicted octanol–water partition coefficient (Wildman–Crippen LogP) is 2.52. The molecule has 0 atom stereocenters. The summed E-state index contributed by atoms with van der Waals surface area (Å²) < 4.78 is 0. The summed E-state index contributed by atoms with van der Waals surface area (Å²) in [6, 6.07) is 8.79. The van der Waals surface area contributed by atoms with Crippen LogP contribution in [-0.4, -0.2) is 42.0 Å². The van der Waals surface area contributed by atoms with Gasteiger partial charge in [0.25, 0.3) is 5.91 Å². The highest BCUT2D eigenvalue weighted by molar-refractivity contribution is 6.05. The van der Waals surface area contributed by atoms with Gasteiger partial charge in [-0.15, -0.1) is 0 Å². The van der Waals surface area contributed by atoms with E-state index >= 15 is 0 Å². The predicted molar refractivity (Wildman–Crippen MR) is 96.4 cm³/mol. The highest BCUT2D eigenvalue weighted by Crippen LogP contribution is 2.31. The van der Waals surface area contributed by atoms with Crippen LogP contribution < -0.4 is 10.9 Å². The number of rotatable bonds is 4. The number of likely N-dealkylation sites (N-methyl/N-ethyl adjacent to an activating group) is 1. The van der Waals surface area contributed by atoms with Gasteiger partial charge in [0.15, 0.2) is 0 Å². The number of pyridine rings is 1. The second kappa shape index (κ2) is 6.77. The van der Waals surface area contributed by atoms with E-state index in [0.29, 0.717) is 17.6 Å². The standard InChI is InChI=1S/C19H25N3O2/c1-22(2)19(10-6-3-7-11-19)13-20-18(24)15-12-17(23)21-16-9-5-4-8-14(15)16/h4-5,8-9,12H,3,6-7,10-11,13H2,1-2H3,(H,20,24)(H,21,23). The summed E-state index contributed by atoms with van der Waals surface area (Å²) in [7, 11) is 4.17. The number of nitrogens with zero attached hydrogens (tertiary/aromatic N) is 1. The van der Waals surface area contributed by atoms with Crippen molar-refractivity contribution in [2.75, 3.05) is 20.6 Å². The highest BCUT2D eigenvalue weighted by atomic mass is 16.2. The summed E-state index contributed by atoms with van der Waals surface area (Å²) in [6.45, 7) is 0.611. The normalized spacial score (nSPS) is 17.1. The van der Waals surface area contributed by atoms with Gasteiger partial charge >= 0.3 is 0 Å². The first kappa shape index (κ1) is 16.7. The van der Waals surface area contributed by atoms with E-state index in [2.05, 4.69) is 29.3 Å². The van der Waals surface area contributed by atoms with Gasteiger partial charge in [-0.05, 0) is 33.0 Å². The summed E-state index contributed by atoms with van der Waals surface area (Å²) in [5.41, 5.74) is 0.901. The van der Waals surface area contributed by atoms with Crippen LogP contribution in [0.3, 0.4) is 0 Å². The summed E-state index contributed by atoms with van der Waals surface area (Å²) in [5, 5.41) is 3.85. The second-order valence-electron chi connectivity index (χ2n) is 6.95.